The summed E-state index contributed by atoms with van der Waals surface area (Å²) in [6.07, 6.45) is 1.88. The summed E-state index contributed by atoms with van der Waals surface area (Å²) < 4.78 is 40.9. The molecule has 3 N–H and O–H groups in total. The normalized spacial score (nSPS) is 12.4. The third-order valence-electron chi connectivity index (χ3n) is 4.52. The van der Waals surface area contributed by atoms with Crippen LogP contribution >= 0.6 is 0 Å². The molecule has 1 heterocycles. The number of H-pyrrole nitrogens is 1. The van der Waals surface area contributed by atoms with Crippen LogP contribution in [0.3, 0.4) is 0 Å². The zero-order valence-electron chi connectivity index (χ0n) is 16.1. The minimum atomic E-state index is -4.04. The minimum Gasteiger partial charge on any atom is -0.356 e. The lowest BCUT2D eigenvalue weighted by molar-refractivity contribution is 0.0931. The number of carbonyl (C=O) groups excluding carboxylic acids is 1. The van der Waals surface area contributed by atoms with Crippen LogP contribution in [0, 0.1) is 12.7 Å². The van der Waals surface area contributed by atoms with E-state index in [1.54, 1.807) is 0 Å². The topological polar surface area (TPSA) is 91.1 Å². The van der Waals surface area contributed by atoms with Crippen molar-refractivity contribution in [3.8, 4) is 0 Å². The molecule has 8 heteroatoms. The van der Waals surface area contributed by atoms with Gasteiger partial charge in [0.15, 0.2) is 0 Å². The highest BCUT2D eigenvalue weighted by atomic mass is 32.2. The summed E-state index contributed by atoms with van der Waals surface area (Å²) in [5.41, 5.74) is 2.03. The number of anilines is 1. The number of rotatable bonds is 7. The third-order valence-corrected chi connectivity index (χ3v) is 5.87. The lowest BCUT2D eigenvalue weighted by atomic mass is 10.0. The van der Waals surface area contributed by atoms with Crippen LogP contribution in [0.2, 0.25) is 0 Å². The van der Waals surface area contributed by atoms with Gasteiger partial charge in [-0.2, -0.15) is 0 Å². The second-order valence-electron chi connectivity index (χ2n) is 6.68. The van der Waals surface area contributed by atoms with Gasteiger partial charge in [0.1, 0.15) is 16.4 Å². The molecule has 3 rings (SSSR count). The van der Waals surface area contributed by atoms with Gasteiger partial charge in [0.25, 0.3) is 15.9 Å². The van der Waals surface area contributed by atoms with Crippen molar-refractivity contribution in [2.45, 2.75) is 31.2 Å². The first-order valence-electron chi connectivity index (χ1n) is 9.13. The summed E-state index contributed by atoms with van der Waals surface area (Å²) in [5, 5.41) is 2.90. The first-order valence-corrected chi connectivity index (χ1v) is 10.6. The average molecular weight is 415 g/mol. The van der Waals surface area contributed by atoms with Gasteiger partial charge >= 0.3 is 0 Å². The van der Waals surface area contributed by atoms with Crippen LogP contribution in [0.15, 0.2) is 65.7 Å². The predicted octanol–water partition coefficient (Wildman–Crippen LogP) is 4.14. The van der Waals surface area contributed by atoms with Crippen LogP contribution in [0.25, 0.3) is 0 Å². The number of aromatic amines is 1. The van der Waals surface area contributed by atoms with Crippen molar-refractivity contribution in [3.63, 3.8) is 0 Å². The van der Waals surface area contributed by atoms with Gasteiger partial charge in [-0.3, -0.25) is 9.52 Å². The lowest BCUT2D eigenvalue weighted by Crippen LogP contribution is -2.28. The van der Waals surface area contributed by atoms with Crippen molar-refractivity contribution in [1.29, 1.82) is 0 Å². The summed E-state index contributed by atoms with van der Waals surface area (Å²) >= 11 is 0. The van der Waals surface area contributed by atoms with Crippen LogP contribution in [0.4, 0.5) is 10.1 Å². The molecule has 152 valence electrons. The highest BCUT2D eigenvalue weighted by Crippen LogP contribution is 2.21. The molecule has 2 aromatic carbocycles. The zero-order chi connectivity index (χ0) is 21.0. The number of para-hydroxylation sites is 1. The molecule has 0 aliphatic rings. The Morgan fingerprint density at radius 3 is 2.48 bits per heavy atom. The third kappa shape index (κ3) is 4.83. The Balaban J connectivity index is 1.75. The van der Waals surface area contributed by atoms with Gasteiger partial charge in [-0.1, -0.05) is 48.9 Å². The van der Waals surface area contributed by atoms with Gasteiger partial charge in [-0.05, 0) is 37.1 Å². The Morgan fingerprint density at radius 2 is 1.83 bits per heavy atom. The quantitative estimate of drug-likeness (QED) is 0.542. The number of benzene rings is 2. The summed E-state index contributed by atoms with van der Waals surface area (Å²) in [6, 6.07) is 14.3. The Morgan fingerprint density at radius 1 is 1.14 bits per heavy atom. The summed E-state index contributed by atoms with van der Waals surface area (Å²) in [6.45, 7) is 3.94. The number of halogens is 1. The molecule has 0 spiro atoms. The van der Waals surface area contributed by atoms with Crippen molar-refractivity contribution < 1.29 is 17.6 Å². The summed E-state index contributed by atoms with van der Waals surface area (Å²) in [5.74, 6) is -1.11. The molecule has 6 nitrogen and oxygen atoms in total. The van der Waals surface area contributed by atoms with Crippen LogP contribution in [0.1, 0.15) is 41.0 Å². The van der Waals surface area contributed by atoms with Gasteiger partial charge in [-0.25, -0.2) is 12.8 Å². The number of aromatic nitrogens is 1. The van der Waals surface area contributed by atoms with Crippen LogP contribution < -0.4 is 10.0 Å². The number of aryl methyl sites for hydroxylation is 1. The fraction of sp³-hybridized carbons (Fsp3) is 0.190. The summed E-state index contributed by atoms with van der Waals surface area (Å²) in [7, 11) is -4.04. The van der Waals surface area contributed by atoms with E-state index in [1.165, 1.54) is 30.5 Å². The standard InChI is InChI=1S/C21H22FN3O3S/c1-3-18(15-10-8-14(2)9-11-15)24-21(26)20-12-16(13-23-20)29(27,28)25-19-7-5-4-6-17(19)22/h4-13,18,23,25H,3H2,1-2H3,(H,24,26)/t18-/m0/s1. The number of hydrogen-bond donors (Lipinski definition) is 3. The maximum absolute atomic E-state index is 13.7. The second kappa shape index (κ2) is 8.48. The van der Waals surface area contributed by atoms with E-state index in [0.717, 1.165) is 17.2 Å². The van der Waals surface area contributed by atoms with E-state index < -0.39 is 21.7 Å². The van der Waals surface area contributed by atoms with E-state index in [0.29, 0.717) is 6.42 Å². The molecule has 1 aromatic heterocycles. The van der Waals surface area contributed by atoms with Crippen LogP contribution in [-0.4, -0.2) is 19.3 Å². The monoisotopic (exact) mass is 415 g/mol. The Kier molecular flexibility index (Phi) is 6.03. The molecule has 3 aromatic rings. The second-order valence-corrected chi connectivity index (χ2v) is 8.36. The van der Waals surface area contributed by atoms with Crippen LogP contribution in [0.5, 0.6) is 0 Å². The van der Waals surface area contributed by atoms with Gasteiger partial charge in [0, 0.05) is 6.20 Å². The number of carbonyl (C=O) groups is 1. The van der Waals surface area contributed by atoms with Gasteiger partial charge in [0.05, 0.1) is 11.7 Å². The van der Waals surface area contributed by atoms with E-state index in [-0.39, 0.29) is 22.3 Å². The van der Waals surface area contributed by atoms with E-state index >= 15 is 0 Å². The number of nitrogens with one attached hydrogen (secondary N) is 3. The molecule has 0 radical (unpaired) electrons. The Bertz CT molecular complexity index is 1110. The van der Waals surface area contributed by atoms with E-state index in [4.69, 9.17) is 0 Å². The summed E-state index contributed by atoms with van der Waals surface area (Å²) in [4.78, 5) is 15.1. The number of amides is 1. The van der Waals surface area contributed by atoms with Gasteiger partial charge < -0.3 is 10.3 Å². The van der Waals surface area contributed by atoms with Crippen molar-refractivity contribution in [1.82, 2.24) is 10.3 Å². The average Bonchev–Trinajstić information content (AvgIpc) is 3.20. The highest BCUT2D eigenvalue weighted by molar-refractivity contribution is 7.92. The first kappa shape index (κ1) is 20.6. The Hall–Kier alpha value is -3.13. The molecule has 0 fully saturated rings. The minimum absolute atomic E-state index is 0.101. The van der Waals surface area contributed by atoms with Crippen molar-refractivity contribution in [2.24, 2.45) is 0 Å². The molecule has 0 bridgehead atoms. The Labute approximate surface area is 169 Å². The molecule has 0 saturated heterocycles. The van der Waals surface area contributed by atoms with Crippen molar-refractivity contribution in [3.05, 3.63) is 83.4 Å². The SMILES string of the molecule is CC[C@H](NC(=O)c1cc(S(=O)(=O)Nc2ccccc2F)c[nH]1)c1ccc(C)cc1. The van der Waals surface area contributed by atoms with Gasteiger partial charge in [-0.15, -0.1) is 0 Å². The molecule has 0 saturated carbocycles. The smallest absolute Gasteiger partial charge is 0.268 e. The zero-order valence-corrected chi connectivity index (χ0v) is 16.9. The van der Waals surface area contributed by atoms with Crippen molar-refractivity contribution in [2.75, 3.05) is 4.72 Å². The number of hydrogen-bond acceptors (Lipinski definition) is 3. The molecule has 0 aliphatic heterocycles. The van der Waals surface area contributed by atoms with E-state index in [2.05, 4.69) is 15.0 Å². The fourth-order valence-electron chi connectivity index (χ4n) is 2.86. The van der Waals surface area contributed by atoms with E-state index in [1.807, 2.05) is 38.1 Å². The molecular formula is C21H22FN3O3S. The highest BCUT2D eigenvalue weighted by Gasteiger charge is 2.21. The lowest BCUT2D eigenvalue weighted by Gasteiger charge is -2.17. The molecule has 29 heavy (non-hydrogen) atoms. The van der Waals surface area contributed by atoms with E-state index in [9.17, 15) is 17.6 Å². The first-order chi connectivity index (χ1) is 13.8. The molecule has 1 amide bonds. The number of sulfonamides is 1. The maximum Gasteiger partial charge on any atom is 0.268 e. The maximum atomic E-state index is 13.7. The van der Waals surface area contributed by atoms with Gasteiger partial charge in [0.2, 0.25) is 0 Å². The fourth-order valence-corrected chi connectivity index (χ4v) is 3.92. The molecule has 1 atom stereocenters. The van der Waals surface area contributed by atoms with Crippen LogP contribution in [-0.2, 0) is 10.0 Å². The van der Waals surface area contributed by atoms with Crippen molar-refractivity contribution >= 4 is 21.6 Å². The largest absolute Gasteiger partial charge is 0.356 e. The molecular weight excluding hydrogens is 393 g/mol. The predicted molar refractivity (Wildman–Crippen MR) is 110 cm³/mol. The molecule has 0 aliphatic carbocycles. The molecule has 0 unspecified atom stereocenters.